The highest BCUT2D eigenvalue weighted by molar-refractivity contribution is 5.99. The molecule has 128 valence electrons. The number of rotatable bonds is 8. The number of amides is 1. The third-order valence-electron chi connectivity index (χ3n) is 3.50. The fraction of sp³-hybridized carbons (Fsp3) is 0.500. The van der Waals surface area contributed by atoms with Crippen LogP contribution in [0.3, 0.4) is 0 Å². The summed E-state index contributed by atoms with van der Waals surface area (Å²) in [5.74, 6) is -0.928. The molecule has 5 heteroatoms. The second-order valence-corrected chi connectivity index (χ2v) is 5.47. The summed E-state index contributed by atoms with van der Waals surface area (Å²) in [6.07, 6.45) is -0.659. The maximum absolute atomic E-state index is 13.3. The number of carbonyl (C=O) groups excluding carboxylic acids is 1. The van der Waals surface area contributed by atoms with Gasteiger partial charge in [-0.25, -0.2) is 0 Å². The van der Waals surface area contributed by atoms with Crippen LogP contribution in [0.25, 0.3) is 6.08 Å². The van der Waals surface area contributed by atoms with E-state index in [0.717, 1.165) is 18.9 Å². The van der Waals surface area contributed by atoms with Gasteiger partial charge in [0.1, 0.15) is 5.57 Å². The number of unbranched alkanes of at least 4 members (excludes halogenated alkanes) is 2. The minimum absolute atomic E-state index is 0.359. The minimum Gasteiger partial charge on any atom is -0.339 e. The first-order valence-electron chi connectivity index (χ1n) is 8.03. The molecule has 0 aromatic heterocycles. The van der Waals surface area contributed by atoms with Crippen molar-refractivity contribution in [1.29, 1.82) is 0 Å². The second-order valence-electron chi connectivity index (χ2n) is 5.47. The molecule has 1 aromatic carbocycles. The summed E-state index contributed by atoms with van der Waals surface area (Å²) in [4.78, 5) is 13.8. The fourth-order valence-electron chi connectivity index (χ4n) is 2.16. The molecular formula is C18H24F3NO. The van der Waals surface area contributed by atoms with Gasteiger partial charge in [-0.15, -0.1) is 0 Å². The molecule has 2 nitrogen and oxygen atoms in total. The second kappa shape index (κ2) is 9.38. The quantitative estimate of drug-likeness (QED) is 0.611. The molecule has 0 spiro atoms. The molecule has 0 radical (unpaired) electrons. The van der Waals surface area contributed by atoms with Crippen molar-refractivity contribution in [2.45, 2.75) is 45.7 Å². The van der Waals surface area contributed by atoms with E-state index in [2.05, 4.69) is 0 Å². The van der Waals surface area contributed by atoms with E-state index >= 15 is 0 Å². The van der Waals surface area contributed by atoms with Gasteiger partial charge in [-0.1, -0.05) is 57.0 Å². The molecule has 0 saturated heterocycles. The number of alkyl halides is 3. The average Bonchev–Trinajstić information content (AvgIpc) is 2.52. The summed E-state index contributed by atoms with van der Waals surface area (Å²) in [5, 5.41) is 0. The van der Waals surface area contributed by atoms with Crippen LogP contribution >= 0.6 is 0 Å². The van der Waals surface area contributed by atoms with Crippen LogP contribution in [-0.2, 0) is 4.79 Å². The molecular weight excluding hydrogens is 303 g/mol. The van der Waals surface area contributed by atoms with Crippen LogP contribution in [0.5, 0.6) is 0 Å². The van der Waals surface area contributed by atoms with E-state index in [0.29, 0.717) is 31.5 Å². The Morgan fingerprint density at radius 3 is 2.00 bits per heavy atom. The standard InChI is InChI=1S/C18H24F3NO/c1-3-5-12-22(13-6-4-2)17(23)16(18(19,20)21)14-15-10-8-7-9-11-15/h7-11,14H,3-6,12-13H2,1-2H3/b16-14-. The zero-order valence-electron chi connectivity index (χ0n) is 13.7. The predicted octanol–water partition coefficient (Wildman–Crippen LogP) is 5.06. The highest BCUT2D eigenvalue weighted by atomic mass is 19.4. The van der Waals surface area contributed by atoms with E-state index in [1.807, 2.05) is 13.8 Å². The molecule has 0 heterocycles. The topological polar surface area (TPSA) is 20.3 Å². The molecule has 1 rings (SSSR count). The normalized spacial score (nSPS) is 12.3. The van der Waals surface area contributed by atoms with Gasteiger partial charge >= 0.3 is 6.18 Å². The molecule has 1 aromatic rings. The van der Waals surface area contributed by atoms with Gasteiger partial charge in [0, 0.05) is 13.1 Å². The largest absolute Gasteiger partial charge is 0.421 e. The van der Waals surface area contributed by atoms with Crippen molar-refractivity contribution in [3.8, 4) is 0 Å². The van der Waals surface area contributed by atoms with E-state index in [4.69, 9.17) is 0 Å². The van der Waals surface area contributed by atoms with Crippen LogP contribution in [0.1, 0.15) is 45.1 Å². The number of halogens is 3. The predicted molar refractivity (Wildman–Crippen MR) is 86.9 cm³/mol. The molecule has 0 bridgehead atoms. The van der Waals surface area contributed by atoms with Crippen LogP contribution < -0.4 is 0 Å². The zero-order chi connectivity index (χ0) is 17.3. The lowest BCUT2D eigenvalue weighted by atomic mass is 10.1. The van der Waals surface area contributed by atoms with Crippen molar-refractivity contribution in [3.05, 3.63) is 41.5 Å². The maximum Gasteiger partial charge on any atom is 0.421 e. The first-order chi connectivity index (χ1) is 10.9. The van der Waals surface area contributed by atoms with Crippen LogP contribution in [0, 0.1) is 0 Å². The molecule has 0 aliphatic heterocycles. The Morgan fingerprint density at radius 2 is 1.57 bits per heavy atom. The van der Waals surface area contributed by atoms with E-state index in [9.17, 15) is 18.0 Å². The Labute approximate surface area is 136 Å². The molecule has 0 saturated carbocycles. The van der Waals surface area contributed by atoms with Crippen molar-refractivity contribution >= 4 is 12.0 Å². The lowest BCUT2D eigenvalue weighted by Gasteiger charge is -2.24. The number of benzene rings is 1. The van der Waals surface area contributed by atoms with E-state index in [1.165, 1.54) is 4.90 Å². The lowest BCUT2D eigenvalue weighted by Crippen LogP contribution is -2.37. The summed E-state index contributed by atoms with van der Waals surface area (Å²) in [6.45, 7) is 4.62. The Balaban J connectivity index is 3.08. The molecule has 0 N–H and O–H groups in total. The first-order valence-corrected chi connectivity index (χ1v) is 8.03. The van der Waals surface area contributed by atoms with Crippen LogP contribution in [0.4, 0.5) is 13.2 Å². The van der Waals surface area contributed by atoms with Crippen LogP contribution in [0.15, 0.2) is 35.9 Å². The average molecular weight is 327 g/mol. The molecule has 23 heavy (non-hydrogen) atoms. The Hall–Kier alpha value is -1.78. The van der Waals surface area contributed by atoms with Crippen molar-refractivity contribution in [3.63, 3.8) is 0 Å². The summed E-state index contributed by atoms with van der Waals surface area (Å²) in [7, 11) is 0. The number of hydrogen-bond acceptors (Lipinski definition) is 1. The van der Waals surface area contributed by atoms with Gasteiger partial charge in [-0.3, -0.25) is 4.79 Å². The highest BCUT2D eigenvalue weighted by Crippen LogP contribution is 2.29. The Bertz CT molecular complexity index is 501. The van der Waals surface area contributed by atoms with Gasteiger partial charge in [0.2, 0.25) is 0 Å². The molecule has 0 atom stereocenters. The Kier molecular flexibility index (Phi) is 7.86. The molecule has 0 fully saturated rings. The summed E-state index contributed by atoms with van der Waals surface area (Å²) in [6, 6.07) is 8.14. The maximum atomic E-state index is 13.3. The van der Waals surface area contributed by atoms with E-state index < -0.39 is 17.7 Å². The molecule has 0 unspecified atom stereocenters. The van der Waals surface area contributed by atoms with Crippen LogP contribution in [0.2, 0.25) is 0 Å². The zero-order valence-corrected chi connectivity index (χ0v) is 13.7. The first kappa shape index (κ1) is 19.3. The smallest absolute Gasteiger partial charge is 0.339 e. The van der Waals surface area contributed by atoms with Gasteiger partial charge in [0.05, 0.1) is 0 Å². The summed E-state index contributed by atoms with van der Waals surface area (Å²) >= 11 is 0. The molecule has 0 aliphatic rings. The van der Waals surface area contributed by atoms with Gasteiger partial charge < -0.3 is 4.90 Å². The summed E-state index contributed by atoms with van der Waals surface area (Å²) in [5.41, 5.74) is -0.727. The number of nitrogens with zero attached hydrogens (tertiary/aromatic N) is 1. The summed E-state index contributed by atoms with van der Waals surface area (Å²) < 4.78 is 40.0. The monoisotopic (exact) mass is 327 g/mol. The number of hydrogen-bond donors (Lipinski definition) is 0. The van der Waals surface area contributed by atoms with E-state index in [1.54, 1.807) is 30.3 Å². The lowest BCUT2D eigenvalue weighted by molar-refractivity contribution is -0.139. The van der Waals surface area contributed by atoms with Gasteiger partial charge in [0.15, 0.2) is 0 Å². The van der Waals surface area contributed by atoms with Crippen molar-refractivity contribution in [2.75, 3.05) is 13.1 Å². The highest BCUT2D eigenvalue weighted by Gasteiger charge is 2.40. The Morgan fingerprint density at radius 1 is 1.04 bits per heavy atom. The molecule has 1 amide bonds. The van der Waals surface area contributed by atoms with E-state index in [-0.39, 0.29) is 0 Å². The molecule has 0 aliphatic carbocycles. The third-order valence-corrected chi connectivity index (χ3v) is 3.50. The van der Waals surface area contributed by atoms with Crippen molar-refractivity contribution < 1.29 is 18.0 Å². The van der Waals surface area contributed by atoms with Gasteiger partial charge in [0.25, 0.3) is 5.91 Å². The van der Waals surface area contributed by atoms with Crippen molar-refractivity contribution in [2.24, 2.45) is 0 Å². The van der Waals surface area contributed by atoms with Gasteiger partial charge in [-0.2, -0.15) is 13.2 Å². The fourth-order valence-corrected chi connectivity index (χ4v) is 2.16. The number of carbonyl (C=O) groups is 1. The SMILES string of the molecule is CCCCN(CCCC)C(=O)/C(=C/c1ccccc1)C(F)(F)F. The minimum atomic E-state index is -4.66. The van der Waals surface area contributed by atoms with Crippen molar-refractivity contribution in [1.82, 2.24) is 4.90 Å². The van der Waals surface area contributed by atoms with Gasteiger partial charge in [-0.05, 0) is 24.5 Å². The third kappa shape index (κ3) is 6.47. The van der Waals surface area contributed by atoms with Crippen LogP contribution in [-0.4, -0.2) is 30.1 Å².